The minimum Gasteiger partial charge on any atom is -0.286 e. The Morgan fingerprint density at radius 1 is 0.278 bits per heavy atom. The van der Waals surface area contributed by atoms with Crippen LogP contribution < -0.4 is 9.80 Å². The van der Waals surface area contributed by atoms with E-state index in [9.17, 15) is 0 Å². The maximum atomic E-state index is 5.40. The Kier molecular flexibility index (Phi) is 9.34. The Morgan fingerprint density at radius 2 is 0.537 bits per heavy atom. The lowest BCUT2D eigenvalue weighted by atomic mass is 10.0. The van der Waals surface area contributed by atoms with Gasteiger partial charge in [-0.25, -0.2) is 9.97 Å². The van der Waals surface area contributed by atoms with Crippen molar-refractivity contribution in [1.82, 2.24) is 9.97 Å². The highest BCUT2D eigenvalue weighted by molar-refractivity contribution is 7.20. The van der Waals surface area contributed by atoms with E-state index >= 15 is 0 Å². The molecule has 2 aromatic heterocycles. The van der Waals surface area contributed by atoms with Gasteiger partial charge in [-0.05, 0) is 59.7 Å². The number of hydrogen-bond acceptors (Lipinski definition) is 6. The standard InChI is InChI=1S/C48H34N4S2/c1-7-19-37(20-8-1)45-43(49-47(53-45)51(39-23-11-3-12-24-39)40-25-13-4-14-26-40)35-31-33-36(34-32-35)44-46(38-21-9-2-10-22-38)54-48(50-44)52(41-27-15-5-16-28-41)42-29-17-6-18-30-42/h1-34H. The lowest BCUT2D eigenvalue weighted by molar-refractivity contribution is 1.23. The van der Waals surface area contributed by atoms with Crippen molar-refractivity contribution in [2.75, 3.05) is 9.80 Å². The van der Waals surface area contributed by atoms with Crippen molar-refractivity contribution in [2.45, 2.75) is 0 Å². The maximum absolute atomic E-state index is 5.40. The van der Waals surface area contributed by atoms with Crippen LogP contribution in [-0.4, -0.2) is 9.97 Å². The van der Waals surface area contributed by atoms with E-state index in [0.29, 0.717) is 0 Å². The Labute approximate surface area is 323 Å². The molecular formula is C48H34N4S2. The normalized spacial score (nSPS) is 11.0. The second-order valence-corrected chi connectivity index (χ2v) is 14.6. The van der Waals surface area contributed by atoms with Gasteiger partial charge in [-0.2, -0.15) is 0 Å². The number of nitrogens with zero attached hydrogens (tertiary/aromatic N) is 4. The third-order valence-electron chi connectivity index (χ3n) is 9.18. The van der Waals surface area contributed by atoms with Crippen LogP contribution in [0.5, 0.6) is 0 Å². The molecule has 7 aromatic carbocycles. The van der Waals surface area contributed by atoms with Crippen molar-refractivity contribution in [3.8, 4) is 43.4 Å². The Morgan fingerprint density at radius 3 is 0.815 bits per heavy atom. The second kappa shape index (κ2) is 15.2. The molecule has 0 unspecified atom stereocenters. The summed E-state index contributed by atoms with van der Waals surface area (Å²) in [5.41, 5.74) is 10.5. The van der Waals surface area contributed by atoms with Gasteiger partial charge in [-0.1, -0.05) is 180 Å². The molecule has 0 spiro atoms. The zero-order valence-corrected chi connectivity index (χ0v) is 30.9. The Bertz CT molecular complexity index is 2310. The fraction of sp³-hybridized carbons (Fsp3) is 0. The predicted octanol–water partition coefficient (Wildman–Crippen LogP) is 14.2. The molecule has 9 rings (SSSR count). The minimum absolute atomic E-state index is 0.905. The molecule has 0 aliphatic heterocycles. The third kappa shape index (κ3) is 6.72. The summed E-state index contributed by atoms with van der Waals surface area (Å²) >= 11 is 3.41. The van der Waals surface area contributed by atoms with Crippen LogP contribution >= 0.6 is 22.7 Å². The molecular weight excluding hydrogens is 697 g/mol. The molecule has 54 heavy (non-hydrogen) atoms. The highest BCUT2D eigenvalue weighted by atomic mass is 32.1. The first-order valence-electron chi connectivity index (χ1n) is 17.8. The summed E-state index contributed by atoms with van der Waals surface area (Å²) in [6, 6.07) is 71.7. The molecule has 0 bridgehead atoms. The SMILES string of the molecule is c1ccc(-c2sc(N(c3ccccc3)c3ccccc3)nc2-c2ccc(-c3nc(N(c4ccccc4)c4ccccc4)sc3-c3ccccc3)cc2)cc1. The van der Waals surface area contributed by atoms with Gasteiger partial charge in [0.15, 0.2) is 10.3 Å². The van der Waals surface area contributed by atoms with Crippen LogP contribution in [0.1, 0.15) is 0 Å². The van der Waals surface area contributed by atoms with E-state index in [0.717, 1.165) is 76.4 Å². The molecule has 0 N–H and O–H groups in total. The largest absolute Gasteiger partial charge is 0.286 e. The van der Waals surface area contributed by atoms with Gasteiger partial charge >= 0.3 is 0 Å². The third-order valence-corrected chi connectivity index (χ3v) is 11.4. The maximum Gasteiger partial charge on any atom is 0.195 e. The molecule has 9 aromatic rings. The van der Waals surface area contributed by atoms with E-state index < -0.39 is 0 Å². The fourth-order valence-corrected chi connectivity index (χ4v) is 8.88. The number of anilines is 6. The summed E-state index contributed by atoms with van der Waals surface area (Å²) in [4.78, 5) is 17.5. The van der Waals surface area contributed by atoms with Crippen LogP contribution in [0.15, 0.2) is 206 Å². The van der Waals surface area contributed by atoms with Gasteiger partial charge in [-0.3, -0.25) is 9.80 Å². The topological polar surface area (TPSA) is 32.3 Å². The first-order chi connectivity index (χ1) is 26.8. The smallest absolute Gasteiger partial charge is 0.195 e. The van der Waals surface area contributed by atoms with Gasteiger partial charge < -0.3 is 0 Å². The molecule has 0 atom stereocenters. The number of thiazole rings is 2. The van der Waals surface area contributed by atoms with Crippen LogP contribution in [0.25, 0.3) is 43.4 Å². The van der Waals surface area contributed by atoms with Crippen molar-refractivity contribution < 1.29 is 0 Å². The Hall–Kier alpha value is -6.60. The van der Waals surface area contributed by atoms with Crippen molar-refractivity contribution in [3.05, 3.63) is 206 Å². The second-order valence-electron chi connectivity index (χ2n) is 12.7. The van der Waals surface area contributed by atoms with Crippen molar-refractivity contribution in [1.29, 1.82) is 0 Å². The molecule has 0 amide bonds. The summed E-state index contributed by atoms with van der Waals surface area (Å²) in [5.74, 6) is 0. The molecule has 0 aliphatic rings. The molecule has 258 valence electrons. The van der Waals surface area contributed by atoms with Gasteiger partial charge in [0.1, 0.15) is 0 Å². The number of hydrogen-bond donors (Lipinski definition) is 0. The lowest BCUT2D eigenvalue weighted by Crippen LogP contribution is -2.09. The molecule has 2 heterocycles. The summed E-state index contributed by atoms with van der Waals surface area (Å²) in [6.45, 7) is 0. The van der Waals surface area contributed by atoms with Crippen molar-refractivity contribution >= 4 is 55.7 Å². The summed E-state index contributed by atoms with van der Waals surface area (Å²) in [5, 5.41) is 1.81. The molecule has 0 aliphatic carbocycles. The first-order valence-corrected chi connectivity index (χ1v) is 19.5. The number of aromatic nitrogens is 2. The van der Waals surface area contributed by atoms with E-state index in [4.69, 9.17) is 9.97 Å². The molecule has 0 radical (unpaired) electrons. The summed E-state index contributed by atoms with van der Waals surface area (Å²) in [7, 11) is 0. The van der Waals surface area contributed by atoms with Gasteiger partial charge in [0.2, 0.25) is 0 Å². The number of rotatable bonds is 10. The van der Waals surface area contributed by atoms with Crippen molar-refractivity contribution in [3.63, 3.8) is 0 Å². The van der Waals surface area contributed by atoms with Crippen LogP contribution in [0.2, 0.25) is 0 Å². The van der Waals surface area contributed by atoms with Crippen LogP contribution in [-0.2, 0) is 0 Å². The molecule has 6 heteroatoms. The minimum atomic E-state index is 0.905. The summed E-state index contributed by atoms with van der Waals surface area (Å²) < 4.78 is 0. The number of benzene rings is 7. The average Bonchev–Trinajstić information content (AvgIpc) is 3.89. The quantitative estimate of drug-likeness (QED) is 0.140. The van der Waals surface area contributed by atoms with E-state index in [1.807, 2.05) is 24.3 Å². The lowest BCUT2D eigenvalue weighted by Gasteiger charge is -2.22. The van der Waals surface area contributed by atoms with E-state index in [1.165, 1.54) is 0 Å². The van der Waals surface area contributed by atoms with Gasteiger partial charge in [0, 0.05) is 33.9 Å². The van der Waals surface area contributed by atoms with Crippen LogP contribution in [0, 0.1) is 0 Å². The van der Waals surface area contributed by atoms with Gasteiger partial charge in [0.25, 0.3) is 0 Å². The van der Waals surface area contributed by atoms with Gasteiger partial charge in [-0.15, -0.1) is 0 Å². The van der Waals surface area contributed by atoms with Crippen molar-refractivity contribution in [2.24, 2.45) is 0 Å². The highest BCUT2D eigenvalue weighted by Gasteiger charge is 2.24. The molecule has 0 saturated carbocycles. The van der Waals surface area contributed by atoms with Crippen LogP contribution in [0.3, 0.4) is 0 Å². The zero-order valence-electron chi connectivity index (χ0n) is 29.2. The zero-order chi connectivity index (χ0) is 36.1. The molecule has 0 saturated heterocycles. The van der Waals surface area contributed by atoms with E-state index in [-0.39, 0.29) is 0 Å². The highest BCUT2D eigenvalue weighted by Crippen LogP contribution is 2.47. The first kappa shape index (κ1) is 33.3. The van der Waals surface area contributed by atoms with Crippen LogP contribution in [0.4, 0.5) is 33.0 Å². The summed E-state index contributed by atoms with van der Waals surface area (Å²) in [6.07, 6.45) is 0. The van der Waals surface area contributed by atoms with E-state index in [2.05, 4.69) is 192 Å². The van der Waals surface area contributed by atoms with Gasteiger partial charge in [0.05, 0.1) is 21.1 Å². The molecule has 4 nitrogen and oxygen atoms in total. The monoisotopic (exact) mass is 730 g/mol. The predicted molar refractivity (Wildman–Crippen MR) is 229 cm³/mol. The average molecular weight is 731 g/mol. The molecule has 0 fully saturated rings. The Balaban J connectivity index is 1.16. The fourth-order valence-electron chi connectivity index (χ4n) is 6.60. The van der Waals surface area contributed by atoms with E-state index in [1.54, 1.807) is 22.7 Å². The number of para-hydroxylation sites is 4.